The Hall–Kier alpha value is -2.74. The van der Waals surface area contributed by atoms with Crippen LogP contribution < -0.4 is 4.90 Å². The summed E-state index contributed by atoms with van der Waals surface area (Å²) in [6.45, 7) is 2.46. The molecule has 7 nitrogen and oxygen atoms in total. The number of hydrogen-bond acceptors (Lipinski definition) is 5. The highest BCUT2D eigenvalue weighted by Gasteiger charge is 2.29. The highest BCUT2D eigenvalue weighted by atomic mass is 32.1. The van der Waals surface area contributed by atoms with Gasteiger partial charge in [-0.1, -0.05) is 6.07 Å². The average Bonchev–Trinajstić information content (AvgIpc) is 3.23. The molecule has 0 aliphatic carbocycles. The van der Waals surface area contributed by atoms with E-state index < -0.39 is 4.92 Å². The first-order chi connectivity index (χ1) is 11.5. The van der Waals surface area contributed by atoms with Crippen LogP contribution in [0.25, 0.3) is 10.2 Å². The summed E-state index contributed by atoms with van der Waals surface area (Å²) >= 11 is 1.40. The Labute approximate surface area is 141 Å². The molecule has 1 aliphatic rings. The van der Waals surface area contributed by atoms with Crippen LogP contribution in [0.15, 0.2) is 24.3 Å². The summed E-state index contributed by atoms with van der Waals surface area (Å²) < 4.78 is 1.77. The molecule has 0 radical (unpaired) electrons. The Morgan fingerprint density at radius 1 is 1.38 bits per heavy atom. The summed E-state index contributed by atoms with van der Waals surface area (Å²) in [4.78, 5) is 26.7. The van der Waals surface area contributed by atoms with E-state index in [1.165, 1.54) is 23.5 Å². The minimum absolute atomic E-state index is 0.00448. The Bertz CT molecular complexity index is 970. The van der Waals surface area contributed by atoms with Crippen molar-refractivity contribution < 1.29 is 9.72 Å². The molecule has 2 aromatic heterocycles. The molecular weight excluding hydrogens is 328 g/mol. The molecule has 0 saturated carbocycles. The summed E-state index contributed by atoms with van der Waals surface area (Å²) in [5.41, 5.74) is 2.50. The second kappa shape index (κ2) is 5.13. The second-order valence-electron chi connectivity index (χ2n) is 5.82. The fraction of sp³-hybridized carbons (Fsp3) is 0.250. The molecule has 4 rings (SSSR count). The molecule has 122 valence electrons. The lowest BCUT2D eigenvalue weighted by atomic mass is 10.1. The number of nitrogens with zero attached hydrogens (tertiary/aromatic N) is 4. The van der Waals surface area contributed by atoms with E-state index in [-0.39, 0.29) is 11.6 Å². The van der Waals surface area contributed by atoms with Crippen molar-refractivity contribution in [2.45, 2.75) is 13.3 Å². The van der Waals surface area contributed by atoms with Gasteiger partial charge in [-0.3, -0.25) is 19.6 Å². The molecule has 0 fully saturated rings. The predicted molar refractivity (Wildman–Crippen MR) is 91.8 cm³/mol. The average molecular weight is 342 g/mol. The number of hydrogen-bond donors (Lipinski definition) is 0. The van der Waals surface area contributed by atoms with Gasteiger partial charge in [0.1, 0.15) is 4.83 Å². The van der Waals surface area contributed by atoms with Crippen molar-refractivity contribution in [3.63, 3.8) is 0 Å². The lowest BCUT2D eigenvalue weighted by molar-refractivity contribution is -0.384. The molecule has 3 heterocycles. The van der Waals surface area contributed by atoms with Gasteiger partial charge < -0.3 is 4.90 Å². The molecular formula is C16H14N4O3S. The van der Waals surface area contributed by atoms with Crippen molar-refractivity contribution >= 4 is 38.8 Å². The number of thiophene rings is 1. The van der Waals surface area contributed by atoms with E-state index in [2.05, 4.69) is 5.10 Å². The maximum absolute atomic E-state index is 12.9. The first-order valence-electron chi connectivity index (χ1n) is 7.48. The standard InChI is InChI=1S/C16H14N4O3S/c1-9-12-8-14(24-16(12)18(2)17-9)15(21)19-6-5-10-3-4-11(20(22)23)7-13(10)19/h3-4,7-8H,5-6H2,1-2H3. The van der Waals surface area contributed by atoms with Crippen molar-refractivity contribution in [3.05, 3.63) is 50.5 Å². The summed E-state index contributed by atoms with van der Waals surface area (Å²) in [7, 11) is 1.86. The summed E-state index contributed by atoms with van der Waals surface area (Å²) in [5.74, 6) is -0.116. The predicted octanol–water partition coefficient (Wildman–Crippen LogP) is 3.05. The normalized spacial score (nSPS) is 13.5. The van der Waals surface area contributed by atoms with E-state index in [1.54, 1.807) is 15.6 Å². The third kappa shape index (κ3) is 2.10. The van der Waals surface area contributed by atoms with Gasteiger partial charge in [0, 0.05) is 31.1 Å². The van der Waals surface area contributed by atoms with E-state index in [1.807, 2.05) is 20.0 Å². The molecule has 24 heavy (non-hydrogen) atoms. The van der Waals surface area contributed by atoms with E-state index in [0.29, 0.717) is 23.5 Å². The number of amides is 1. The Kier molecular flexibility index (Phi) is 3.17. The molecule has 0 spiro atoms. The van der Waals surface area contributed by atoms with Crippen LogP contribution in [-0.2, 0) is 13.5 Å². The highest BCUT2D eigenvalue weighted by Crippen LogP contribution is 2.35. The van der Waals surface area contributed by atoms with Crippen molar-refractivity contribution in [2.75, 3.05) is 11.4 Å². The first-order valence-corrected chi connectivity index (χ1v) is 8.29. The maximum atomic E-state index is 12.9. The third-order valence-electron chi connectivity index (χ3n) is 4.33. The SMILES string of the molecule is Cc1nn(C)c2sc(C(=O)N3CCc4ccc([N+](=O)[O-])cc43)cc12. The highest BCUT2D eigenvalue weighted by molar-refractivity contribution is 7.20. The van der Waals surface area contributed by atoms with Crippen LogP contribution >= 0.6 is 11.3 Å². The van der Waals surface area contributed by atoms with Crippen LogP contribution in [0.2, 0.25) is 0 Å². The van der Waals surface area contributed by atoms with Gasteiger partial charge in [0.15, 0.2) is 0 Å². The zero-order valence-corrected chi connectivity index (χ0v) is 14.0. The van der Waals surface area contributed by atoms with Crippen LogP contribution in [0.4, 0.5) is 11.4 Å². The number of aromatic nitrogens is 2. The molecule has 0 saturated heterocycles. The molecule has 1 amide bonds. The third-order valence-corrected chi connectivity index (χ3v) is 5.52. The van der Waals surface area contributed by atoms with Gasteiger partial charge in [0.2, 0.25) is 0 Å². The summed E-state index contributed by atoms with van der Waals surface area (Å²) in [6, 6.07) is 6.57. The zero-order chi connectivity index (χ0) is 17.0. The molecule has 8 heteroatoms. The molecule has 1 aliphatic heterocycles. The zero-order valence-electron chi connectivity index (χ0n) is 13.1. The van der Waals surface area contributed by atoms with Crippen LogP contribution in [0.5, 0.6) is 0 Å². The van der Waals surface area contributed by atoms with Gasteiger partial charge in [-0.25, -0.2) is 0 Å². The lowest BCUT2D eigenvalue weighted by Gasteiger charge is -2.16. The number of benzene rings is 1. The number of nitro groups is 1. The number of carbonyl (C=O) groups excluding carboxylic acids is 1. The van der Waals surface area contributed by atoms with Crippen molar-refractivity contribution in [3.8, 4) is 0 Å². The van der Waals surface area contributed by atoms with E-state index in [0.717, 1.165) is 21.5 Å². The van der Waals surface area contributed by atoms with Crippen molar-refractivity contribution in [1.82, 2.24) is 9.78 Å². The van der Waals surface area contributed by atoms with E-state index in [4.69, 9.17) is 0 Å². The van der Waals surface area contributed by atoms with Gasteiger partial charge in [0.05, 0.1) is 21.2 Å². The fourth-order valence-electron chi connectivity index (χ4n) is 3.14. The molecule has 0 atom stereocenters. The van der Waals surface area contributed by atoms with E-state index in [9.17, 15) is 14.9 Å². The molecule has 3 aromatic rings. The number of aryl methyl sites for hydroxylation is 2. The number of anilines is 1. The Morgan fingerprint density at radius 3 is 2.88 bits per heavy atom. The van der Waals surface area contributed by atoms with Gasteiger partial charge >= 0.3 is 0 Å². The number of nitro benzene ring substituents is 1. The van der Waals surface area contributed by atoms with Gasteiger partial charge in [-0.2, -0.15) is 5.10 Å². The topological polar surface area (TPSA) is 81.3 Å². The number of carbonyl (C=O) groups is 1. The number of rotatable bonds is 2. The van der Waals surface area contributed by atoms with Crippen molar-refractivity contribution in [1.29, 1.82) is 0 Å². The van der Waals surface area contributed by atoms with Crippen molar-refractivity contribution in [2.24, 2.45) is 7.05 Å². The molecule has 0 bridgehead atoms. The van der Waals surface area contributed by atoms with Crippen LogP contribution in [0.1, 0.15) is 20.9 Å². The maximum Gasteiger partial charge on any atom is 0.271 e. The van der Waals surface area contributed by atoms with Gasteiger partial charge in [-0.15, -0.1) is 11.3 Å². The summed E-state index contributed by atoms with van der Waals surface area (Å²) in [6.07, 6.45) is 0.713. The number of non-ortho nitro benzene ring substituents is 1. The van der Waals surface area contributed by atoms with E-state index >= 15 is 0 Å². The van der Waals surface area contributed by atoms with Crippen LogP contribution in [0, 0.1) is 17.0 Å². The Morgan fingerprint density at radius 2 is 2.17 bits per heavy atom. The smallest absolute Gasteiger partial charge is 0.271 e. The largest absolute Gasteiger partial charge is 0.307 e. The second-order valence-corrected chi connectivity index (χ2v) is 6.85. The quantitative estimate of drug-likeness (QED) is 0.529. The van der Waals surface area contributed by atoms with Crippen LogP contribution in [-0.4, -0.2) is 27.2 Å². The lowest BCUT2D eigenvalue weighted by Crippen LogP contribution is -2.28. The molecule has 0 unspecified atom stereocenters. The first kappa shape index (κ1) is 14.8. The fourth-order valence-corrected chi connectivity index (χ4v) is 4.21. The van der Waals surface area contributed by atoms with Gasteiger partial charge in [-0.05, 0) is 25.0 Å². The molecule has 0 N–H and O–H groups in total. The minimum atomic E-state index is -0.435. The Balaban J connectivity index is 1.74. The number of fused-ring (bicyclic) bond motifs is 2. The summed E-state index contributed by atoms with van der Waals surface area (Å²) in [5, 5.41) is 16.3. The van der Waals surface area contributed by atoms with Crippen LogP contribution in [0.3, 0.4) is 0 Å². The minimum Gasteiger partial charge on any atom is -0.307 e. The monoisotopic (exact) mass is 342 g/mol. The molecule has 1 aromatic carbocycles. The van der Waals surface area contributed by atoms with Gasteiger partial charge in [0.25, 0.3) is 11.6 Å².